The molecule has 0 aliphatic rings. The highest BCUT2D eigenvalue weighted by Crippen LogP contribution is 2.10. The van der Waals surface area contributed by atoms with Gasteiger partial charge in [0.1, 0.15) is 0 Å². The lowest BCUT2D eigenvalue weighted by atomic mass is 10.1. The number of nitrogens with one attached hydrogen (secondary N) is 1. The summed E-state index contributed by atoms with van der Waals surface area (Å²) in [4.78, 5) is 0. The molecule has 0 aromatic carbocycles. The Morgan fingerprint density at radius 2 is 1.29 bits per heavy atom. The summed E-state index contributed by atoms with van der Waals surface area (Å²) in [6.45, 7) is 7.13. The summed E-state index contributed by atoms with van der Waals surface area (Å²) in [7, 11) is 0. The fraction of sp³-hybridized carbons (Fsp3) is 1.00. The Morgan fingerprint density at radius 3 is 1.86 bits per heavy atom. The van der Waals surface area contributed by atoms with Crippen molar-refractivity contribution in [2.75, 3.05) is 19.8 Å². The zero-order valence-electron chi connectivity index (χ0n) is 14.7. The predicted molar refractivity (Wildman–Crippen MR) is 93.5 cm³/mol. The zero-order valence-corrected chi connectivity index (χ0v) is 14.7. The topological polar surface area (TPSA) is 47.3 Å². The van der Waals surface area contributed by atoms with E-state index in [1.165, 1.54) is 64.2 Å². The van der Waals surface area contributed by atoms with E-state index in [2.05, 4.69) is 19.2 Å². The van der Waals surface area contributed by atoms with Crippen LogP contribution in [0.4, 0.5) is 0 Å². The van der Waals surface area contributed by atoms with Crippen molar-refractivity contribution in [3.05, 3.63) is 0 Å². The Morgan fingerprint density at radius 1 is 0.762 bits per heavy atom. The molecule has 0 aliphatic heterocycles. The zero-order chi connectivity index (χ0) is 15.6. The van der Waals surface area contributed by atoms with Gasteiger partial charge in [0.2, 0.25) is 0 Å². The van der Waals surface area contributed by atoms with Gasteiger partial charge in [0, 0.05) is 13.2 Å². The SMILES string of the molecule is CCCCCCCCCCCCOCCCNC(N)CC. The van der Waals surface area contributed by atoms with Crippen LogP contribution < -0.4 is 11.1 Å². The first-order valence-corrected chi connectivity index (χ1v) is 9.38. The molecule has 1 atom stereocenters. The molecule has 0 saturated carbocycles. The van der Waals surface area contributed by atoms with Crippen LogP contribution in [-0.4, -0.2) is 25.9 Å². The second-order valence-electron chi connectivity index (χ2n) is 6.12. The molecular weight excluding hydrogens is 260 g/mol. The Kier molecular flexibility index (Phi) is 17.8. The molecular formula is C18H40N2O. The summed E-state index contributed by atoms with van der Waals surface area (Å²) >= 11 is 0. The van der Waals surface area contributed by atoms with Crippen LogP contribution >= 0.6 is 0 Å². The lowest BCUT2D eigenvalue weighted by Crippen LogP contribution is -2.37. The molecule has 0 fully saturated rings. The average Bonchev–Trinajstić information content (AvgIpc) is 2.50. The van der Waals surface area contributed by atoms with Crippen LogP contribution in [0.3, 0.4) is 0 Å². The summed E-state index contributed by atoms with van der Waals surface area (Å²) in [5, 5.41) is 3.27. The molecule has 0 spiro atoms. The molecule has 3 N–H and O–H groups in total. The second-order valence-corrected chi connectivity index (χ2v) is 6.12. The molecule has 0 bridgehead atoms. The first-order valence-electron chi connectivity index (χ1n) is 9.38. The third-order valence-corrected chi connectivity index (χ3v) is 3.95. The molecule has 0 rings (SSSR count). The van der Waals surface area contributed by atoms with Gasteiger partial charge in [-0.25, -0.2) is 0 Å². The molecule has 0 aromatic heterocycles. The van der Waals surface area contributed by atoms with E-state index in [9.17, 15) is 0 Å². The molecule has 0 heterocycles. The highest BCUT2D eigenvalue weighted by Gasteiger charge is 1.96. The largest absolute Gasteiger partial charge is 0.381 e. The monoisotopic (exact) mass is 300 g/mol. The van der Waals surface area contributed by atoms with Crippen molar-refractivity contribution in [2.24, 2.45) is 5.73 Å². The lowest BCUT2D eigenvalue weighted by Gasteiger charge is -2.11. The molecule has 0 aliphatic carbocycles. The van der Waals surface area contributed by atoms with Gasteiger partial charge >= 0.3 is 0 Å². The van der Waals surface area contributed by atoms with Crippen molar-refractivity contribution in [1.29, 1.82) is 0 Å². The fourth-order valence-corrected chi connectivity index (χ4v) is 2.40. The number of unbranched alkanes of at least 4 members (excludes halogenated alkanes) is 9. The Balaban J connectivity index is 2.96. The lowest BCUT2D eigenvalue weighted by molar-refractivity contribution is 0.127. The summed E-state index contributed by atoms with van der Waals surface area (Å²) in [6.07, 6.45) is 16.0. The summed E-state index contributed by atoms with van der Waals surface area (Å²) < 4.78 is 5.64. The van der Waals surface area contributed by atoms with Crippen molar-refractivity contribution >= 4 is 0 Å². The number of rotatable bonds is 17. The van der Waals surface area contributed by atoms with Gasteiger partial charge in [-0.15, -0.1) is 0 Å². The molecule has 0 radical (unpaired) electrons. The maximum atomic E-state index is 5.78. The Labute approximate surface area is 133 Å². The van der Waals surface area contributed by atoms with E-state index < -0.39 is 0 Å². The van der Waals surface area contributed by atoms with E-state index in [1.54, 1.807) is 0 Å². The van der Waals surface area contributed by atoms with Crippen molar-refractivity contribution in [1.82, 2.24) is 5.32 Å². The van der Waals surface area contributed by atoms with Crippen molar-refractivity contribution in [3.63, 3.8) is 0 Å². The van der Waals surface area contributed by atoms with Gasteiger partial charge in [0.05, 0.1) is 6.17 Å². The first kappa shape index (κ1) is 20.9. The molecule has 0 saturated heterocycles. The van der Waals surface area contributed by atoms with E-state index in [1.807, 2.05) is 0 Å². The van der Waals surface area contributed by atoms with Gasteiger partial charge in [0.15, 0.2) is 0 Å². The third kappa shape index (κ3) is 17.8. The highest BCUT2D eigenvalue weighted by atomic mass is 16.5. The maximum absolute atomic E-state index is 5.78. The molecule has 1 unspecified atom stereocenters. The molecule has 21 heavy (non-hydrogen) atoms. The average molecular weight is 301 g/mol. The standard InChI is InChI=1S/C18H40N2O/c1-3-5-6-7-8-9-10-11-12-13-16-21-17-14-15-20-18(19)4-2/h18,20H,3-17,19H2,1-2H3. The van der Waals surface area contributed by atoms with Gasteiger partial charge in [-0.2, -0.15) is 0 Å². The van der Waals surface area contributed by atoms with Gasteiger partial charge in [-0.3, -0.25) is 0 Å². The molecule has 3 nitrogen and oxygen atoms in total. The van der Waals surface area contributed by atoms with Gasteiger partial charge < -0.3 is 15.8 Å². The maximum Gasteiger partial charge on any atom is 0.0543 e. The normalized spacial score (nSPS) is 12.7. The van der Waals surface area contributed by atoms with Crippen LogP contribution in [-0.2, 0) is 4.74 Å². The third-order valence-electron chi connectivity index (χ3n) is 3.95. The summed E-state index contributed by atoms with van der Waals surface area (Å²) in [5.41, 5.74) is 5.78. The first-order chi connectivity index (χ1) is 10.3. The van der Waals surface area contributed by atoms with Crippen LogP contribution in [0.5, 0.6) is 0 Å². The molecule has 128 valence electrons. The second kappa shape index (κ2) is 17.9. The van der Waals surface area contributed by atoms with Crippen LogP contribution in [0.2, 0.25) is 0 Å². The minimum absolute atomic E-state index is 0.145. The highest BCUT2D eigenvalue weighted by molar-refractivity contribution is 4.55. The fourth-order valence-electron chi connectivity index (χ4n) is 2.40. The summed E-state index contributed by atoms with van der Waals surface area (Å²) in [6, 6.07) is 0. The van der Waals surface area contributed by atoms with E-state index >= 15 is 0 Å². The Bertz CT molecular complexity index is 188. The van der Waals surface area contributed by atoms with Crippen LogP contribution in [0.1, 0.15) is 90.9 Å². The minimum atomic E-state index is 0.145. The van der Waals surface area contributed by atoms with Crippen LogP contribution in [0, 0.1) is 0 Å². The Hall–Kier alpha value is -0.120. The van der Waals surface area contributed by atoms with Gasteiger partial charge in [-0.1, -0.05) is 71.6 Å². The van der Waals surface area contributed by atoms with Crippen molar-refractivity contribution in [2.45, 2.75) is 97.1 Å². The van der Waals surface area contributed by atoms with Gasteiger partial charge in [-0.05, 0) is 25.8 Å². The van der Waals surface area contributed by atoms with E-state index in [0.29, 0.717) is 0 Å². The number of ether oxygens (including phenoxy) is 1. The summed E-state index contributed by atoms with van der Waals surface area (Å²) in [5.74, 6) is 0. The smallest absolute Gasteiger partial charge is 0.0543 e. The number of hydrogen-bond acceptors (Lipinski definition) is 3. The van der Waals surface area contributed by atoms with E-state index in [4.69, 9.17) is 10.5 Å². The number of nitrogens with two attached hydrogens (primary N) is 1. The molecule has 0 amide bonds. The minimum Gasteiger partial charge on any atom is -0.381 e. The predicted octanol–water partition coefficient (Wildman–Crippen LogP) is 4.60. The van der Waals surface area contributed by atoms with Crippen LogP contribution in [0.25, 0.3) is 0 Å². The van der Waals surface area contributed by atoms with Crippen LogP contribution in [0.15, 0.2) is 0 Å². The molecule has 3 heteroatoms. The van der Waals surface area contributed by atoms with Crippen molar-refractivity contribution in [3.8, 4) is 0 Å². The van der Waals surface area contributed by atoms with Gasteiger partial charge in [0.25, 0.3) is 0 Å². The quantitative estimate of drug-likeness (QED) is 0.305. The van der Waals surface area contributed by atoms with Crippen molar-refractivity contribution < 1.29 is 4.74 Å². The number of hydrogen-bond donors (Lipinski definition) is 2. The van der Waals surface area contributed by atoms with E-state index in [-0.39, 0.29) is 6.17 Å². The molecule has 0 aromatic rings. The van der Waals surface area contributed by atoms with E-state index in [0.717, 1.165) is 32.6 Å².